The van der Waals surface area contributed by atoms with Gasteiger partial charge in [-0.05, 0) is 33.8 Å². The van der Waals surface area contributed by atoms with Crippen molar-refractivity contribution in [2.24, 2.45) is 5.73 Å². The van der Waals surface area contributed by atoms with Crippen LogP contribution in [0.1, 0.15) is 37.0 Å². The quantitative estimate of drug-likeness (QED) is 0.833. The van der Waals surface area contributed by atoms with Gasteiger partial charge in [0.15, 0.2) is 0 Å². The molecule has 0 spiro atoms. The SMILES string of the molecule is CCn1nc(C)cc1C(=O)N(CCN)C(C)C. The first-order chi connectivity index (χ1) is 8.01. The molecular formula is C12H22N4O. The molecule has 0 aliphatic heterocycles. The lowest BCUT2D eigenvalue weighted by atomic mass is 10.2. The molecule has 1 amide bonds. The molecule has 0 fully saturated rings. The van der Waals surface area contributed by atoms with Crippen molar-refractivity contribution in [3.8, 4) is 0 Å². The molecule has 1 heterocycles. The smallest absolute Gasteiger partial charge is 0.272 e. The number of aromatic nitrogens is 2. The molecule has 0 saturated carbocycles. The summed E-state index contributed by atoms with van der Waals surface area (Å²) in [5.74, 6) is 0.00731. The van der Waals surface area contributed by atoms with Crippen molar-refractivity contribution in [2.45, 2.75) is 40.3 Å². The zero-order chi connectivity index (χ0) is 13.0. The summed E-state index contributed by atoms with van der Waals surface area (Å²) in [5.41, 5.74) is 7.06. The Morgan fingerprint density at radius 2 is 2.24 bits per heavy atom. The van der Waals surface area contributed by atoms with Crippen LogP contribution in [0.4, 0.5) is 0 Å². The molecule has 5 heteroatoms. The maximum atomic E-state index is 12.4. The first-order valence-electron chi connectivity index (χ1n) is 6.06. The van der Waals surface area contributed by atoms with Crippen LogP contribution in [0.5, 0.6) is 0 Å². The lowest BCUT2D eigenvalue weighted by molar-refractivity contribution is 0.0699. The van der Waals surface area contributed by atoms with Crippen molar-refractivity contribution < 1.29 is 4.79 Å². The summed E-state index contributed by atoms with van der Waals surface area (Å²) in [6, 6.07) is 1.98. The third-order valence-electron chi connectivity index (χ3n) is 2.67. The molecule has 0 aliphatic rings. The average Bonchev–Trinajstić information content (AvgIpc) is 2.66. The number of nitrogens with zero attached hydrogens (tertiary/aromatic N) is 3. The van der Waals surface area contributed by atoms with Crippen LogP contribution in [-0.2, 0) is 6.54 Å². The van der Waals surface area contributed by atoms with Crippen LogP contribution in [0.2, 0.25) is 0 Å². The Bertz CT molecular complexity index is 384. The molecule has 96 valence electrons. The molecule has 0 bridgehead atoms. The predicted molar refractivity (Wildman–Crippen MR) is 67.9 cm³/mol. The highest BCUT2D eigenvalue weighted by Gasteiger charge is 2.21. The maximum absolute atomic E-state index is 12.4. The highest BCUT2D eigenvalue weighted by atomic mass is 16.2. The lowest BCUT2D eigenvalue weighted by Crippen LogP contribution is -2.41. The van der Waals surface area contributed by atoms with Gasteiger partial charge in [0.1, 0.15) is 5.69 Å². The number of hydrogen-bond acceptors (Lipinski definition) is 3. The van der Waals surface area contributed by atoms with Gasteiger partial charge in [-0.2, -0.15) is 5.10 Å². The van der Waals surface area contributed by atoms with Crippen molar-refractivity contribution in [3.63, 3.8) is 0 Å². The van der Waals surface area contributed by atoms with E-state index in [9.17, 15) is 4.79 Å². The zero-order valence-electron chi connectivity index (χ0n) is 11.1. The second kappa shape index (κ2) is 5.82. The van der Waals surface area contributed by atoms with Gasteiger partial charge in [0.25, 0.3) is 5.91 Å². The van der Waals surface area contributed by atoms with Gasteiger partial charge < -0.3 is 10.6 Å². The largest absolute Gasteiger partial charge is 0.334 e. The number of aryl methyl sites for hydroxylation is 2. The number of carbonyl (C=O) groups is 1. The van der Waals surface area contributed by atoms with Gasteiger partial charge in [-0.15, -0.1) is 0 Å². The van der Waals surface area contributed by atoms with Crippen LogP contribution in [0.15, 0.2) is 6.07 Å². The number of carbonyl (C=O) groups excluding carboxylic acids is 1. The van der Waals surface area contributed by atoms with Crippen molar-refractivity contribution >= 4 is 5.91 Å². The minimum Gasteiger partial charge on any atom is -0.334 e. The summed E-state index contributed by atoms with van der Waals surface area (Å²) >= 11 is 0. The highest BCUT2D eigenvalue weighted by molar-refractivity contribution is 5.93. The highest BCUT2D eigenvalue weighted by Crippen LogP contribution is 2.10. The molecule has 2 N–H and O–H groups in total. The molecule has 1 aromatic rings. The fourth-order valence-corrected chi connectivity index (χ4v) is 1.84. The van der Waals surface area contributed by atoms with Gasteiger partial charge in [-0.25, -0.2) is 0 Å². The van der Waals surface area contributed by atoms with Crippen LogP contribution >= 0.6 is 0 Å². The van der Waals surface area contributed by atoms with E-state index < -0.39 is 0 Å². The van der Waals surface area contributed by atoms with Crippen LogP contribution in [0.25, 0.3) is 0 Å². The average molecular weight is 238 g/mol. The molecule has 17 heavy (non-hydrogen) atoms. The van der Waals surface area contributed by atoms with Crippen molar-refractivity contribution in [1.82, 2.24) is 14.7 Å². The third-order valence-corrected chi connectivity index (χ3v) is 2.67. The van der Waals surface area contributed by atoms with Gasteiger partial charge >= 0.3 is 0 Å². The molecule has 1 aromatic heterocycles. The Morgan fingerprint density at radius 3 is 2.71 bits per heavy atom. The number of amides is 1. The maximum Gasteiger partial charge on any atom is 0.272 e. The Morgan fingerprint density at radius 1 is 1.59 bits per heavy atom. The topological polar surface area (TPSA) is 64.2 Å². The number of rotatable bonds is 5. The fraction of sp³-hybridized carbons (Fsp3) is 0.667. The Kier molecular flexibility index (Phi) is 4.69. The van der Waals surface area contributed by atoms with Crippen LogP contribution in [-0.4, -0.2) is 39.7 Å². The van der Waals surface area contributed by atoms with Gasteiger partial charge in [0.05, 0.1) is 5.69 Å². The van der Waals surface area contributed by atoms with Crippen LogP contribution in [0, 0.1) is 6.92 Å². The summed E-state index contributed by atoms with van der Waals surface area (Å²) < 4.78 is 1.74. The summed E-state index contributed by atoms with van der Waals surface area (Å²) in [6.45, 7) is 9.61. The van der Waals surface area contributed by atoms with Gasteiger partial charge in [0, 0.05) is 25.7 Å². The summed E-state index contributed by atoms with van der Waals surface area (Å²) in [6.07, 6.45) is 0. The molecule has 5 nitrogen and oxygen atoms in total. The number of nitrogens with two attached hydrogens (primary N) is 1. The third kappa shape index (κ3) is 3.06. The van der Waals surface area contributed by atoms with E-state index in [1.54, 1.807) is 9.58 Å². The summed E-state index contributed by atoms with van der Waals surface area (Å²) in [7, 11) is 0. The fourth-order valence-electron chi connectivity index (χ4n) is 1.84. The molecule has 0 saturated heterocycles. The van der Waals surface area contributed by atoms with Crippen LogP contribution < -0.4 is 5.73 Å². The lowest BCUT2D eigenvalue weighted by Gasteiger charge is -2.26. The van der Waals surface area contributed by atoms with E-state index in [1.165, 1.54) is 0 Å². The minimum atomic E-state index is 0.00731. The van der Waals surface area contributed by atoms with E-state index in [0.29, 0.717) is 25.3 Å². The molecule has 1 rings (SSSR count). The van der Waals surface area contributed by atoms with E-state index in [0.717, 1.165) is 5.69 Å². The Hall–Kier alpha value is -1.36. The van der Waals surface area contributed by atoms with Crippen LogP contribution in [0.3, 0.4) is 0 Å². The van der Waals surface area contributed by atoms with Gasteiger partial charge in [-0.3, -0.25) is 9.48 Å². The van der Waals surface area contributed by atoms with E-state index in [1.807, 2.05) is 33.8 Å². The zero-order valence-corrected chi connectivity index (χ0v) is 11.1. The summed E-state index contributed by atoms with van der Waals surface area (Å²) in [4.78, 5) is 14.2. The Labute approximate surface area is 103 Å². The second-order valence-electron chi connectivity index (χ2n) is 4.37. The van der Waals surface area contributed by atoms with Crippen molar-refractivity contribution in [3.05, 3.63) is 17.5 Å². The van der Waals surface area contributed by atoms with E-state index in [-0.39, 0.29) is 11.9 Å². The van der Waals surface area contributed by atoms with Crippen molar-refractivity contribution in [1.29, 1.82) is 0 Å². The monoisotopic (exact) mass is 238 g/mol. The second-order valence-corrected chi connectivity index (χ2v) is 4.37. The van der Waals surface area contributed by atoms with Crippen molar-refractivity contribution in [2.75, 3.05) is 13.1 Å². The first kappa shape index (κ1) is 13.7. The first-order valence-corrected chi connectivity index (χ1v) is 6.06. The molecular weight excluding hydrogens is 216 g/mol. The standard InChI is InChI=1S/C12H22N4O/c1-5-16-11(8-10(4)14-16)12(17)15(7-6-13)9(2)3/h8-9H,5-7,13H2,1-4H3. The van der Waals surface area contributed by atoms with Gasteiger partial charge in [0.2, 0.25) is 0 Å². The molecule has 0 aliphatic carbocycles. The minimum absolute atomic E-state index is 0.00731. The summed E-state index contributed by atoms with van der Waals surface area (Å²) in [5, 5.41) is 4.29. The molecule has 0 unspecified atom stereocenters. The van der Waals surface area contributed by atoms with E-state index >= 15 is 0 Å². The van der Waals surface area contributed by atoms with Gasteiger partial charge in [-0.1, -0.05) is 0 Å². The normalized spacial score (nSPS) is 10.9. The van der Waals surface area contributed by atoms with E-state index in [4.69, 9.17) is 5.73 Å². The predicted octanol–water partition coefficient (Wildman–Crippen LogP) is 1.02. The molecule has 0 radical (unpaired) electrons. The Balaban J connectivity index is 3.00. The number of hydrogen-bond donors (Lipinski definition) is 1. The van der Waals surface area contributed by atoms with E-state index in [2.05, 4.69) is 5.10 Å². The molecule has 0 aromatic carbocycles. The molecule has 0 atom stereocenters.